The van der Waals surface area contributed by atoms with Gasteiger partial charge in [0.05, 0.1) is 5.92 Å². The van der Waals surface area contributed by atoms with E-state index in [4.69, 9.17) is 0 Å². The monoisotopic (exact) mass is 212 g/mol. The summed E-state index contributed by atoms with van der Waals surface area (Å²) in [6, 6.07) is 0. The van der Waals surface area contributed by atoms with Crippen molar-refractivity contribution in [3.8, 4) is 0 Å². The number of hydrogen-bond donors (Lipinski definition) is 0. The minimum atomic E-state index is -0.328. The standard InChI is InChI=1S/C12H20O3/c13-10-15-12(14)11-8-6-4-2-1-3-5-7-9-11/h10-11H,1-9H2. The van der Waals surface area contributed by atoms with E-state index in [9.17, 15) is 9.59 Å². The molecule has 0 aliphatic heterocycles. The van der Waals surface area contributed by atoms with E-state index in [1.54, 1.807) is 0 Å². The van der Waals surface area contributed by atoms with Gasteiger partial charge in [0.25, 0.3) is 0 Å². The summed E-state index contributed by atoms with van der Waals surface area (Å²) in [6.07, 6.45) is 10.2. The topological polar surface area (TPSA) is 43.4 Å². The molecule has 0 heterocycles. The second kappa shape index (κ2) is 7.43. The van der Waals surface area contributed by atoms with Gasteiger partial charge in [0.2, 0.25) is 0 Å². The summed E-state index contributed by atoms with van der Waals surface area (Å²) in [4.78, 5) is 21.5. The van der Waals surface area contributed by atoms with Crippen molar-refractivity contribution in [3.63, 3.8) is 0 Å². The molecule has 86 valence electrons. The van der Waals surface area contributed by atoms with Crippen LogP contribution < -0.4 is 0 Å². The molecule has 0 N–H and O–H groups in total. The van der Waals surface area contributed by atoms with Crippen molar-refractivity contribution in [2.45, 2.75) is 57.8 Å². The highest BCUT2D eigenvalue weighted by Crippen LogP contribution is 2.22. The van der Waals surface area contributed by atoms with Crippen LogP contribution >= 0.6 is 0 Å². The number of rotatable bonds is 2. The number of hydrogen-bond acceptors (Lipinski definition) is 3. The Morgan fingerprint density at radius 1 is 0.933 bits per heavy atom. The number of carbonyl (C=O) groups excluding carboxylic acids is 2. The van der Waals surface area contributed by atoms with E-state index in [0.717, 1.165) is 25.7 Å². The number of carbonyl (C=O) groups is 2. The highest BCUT2D eigenvalue weighted by Gasteiger charge is 2.19. The minimum absolute atomic E-state index is 0.0479. The summed E-state index contributed by atoms with van der Waals surface area (Å²) in [5.41, 5.74) is 0. The van der Waals surface area contributed by atoms with Gasteiger partial charge >= 0.3 is 12.4 Å². The quantitative estimate of drug-likeness (QED) is 0.401. The van der Waals surface area contributed by atoms with Gasteiger partial charge in [-0.25, -0.2) is 0 Å². The molecule has 0 spiro atoms. The van der Waals surface area contributed by atoms with Gasteiger partial charge in [0.15, 0.2) is 0 Å². The first-order valence-corrected chi connectivity index (χ1v) is 5.98. The van der Waals surface area contributed by atoms with Gasteiger partial charge in [-0.3, -0.25) is 9.59 Å². The molecule has 1 saturated carbocycles. The minimum Gasteiger partial charge on any atom is -0.395 e. The number of ether oxygens (including phenoxy) is 1. The van der Waals surface area contributed by atoms with Gasteiger partial charge in [-0.15, -0.1) is 0 Å². The van der Waals surface area contributed by atoms with Crippen LogP contribution in [-0.4, -0.2) is 12.4 Å². The van der Waals surface area contributed by atoms with Crippen LogP contribution in [0, 0.1) is 5.92 Å². The van der Waals surface area contributed by atoms with E-state index in [0.29, 0.717) is 0 Å². The summed E-state index contributed by atoms with van der Waals surface area (Å²) in [6.45, 7) is 0.251. The first kappa shape index (κ1) is 12.2. The summed E-state index contributed by atoms with van der Waals surface area (Å²) >= 11 is 0. The van der Waals surface area contributed by atoms with Gasteiger partial charge in [-0.1, -0.05) is 44.9 Å². The van der Waals surface area contributed by atoms with Gasteiger partial charge in [-0.05, 0) is 12.8 Å². The fourth-order valence-electron chi connectivity index (χ4n) is 2.19. The van der Waals surface area contributed by atoms with Crippen molar-refractivity contribution in [2.75, 3.05) is 0 Å². The molecule has 0 amide bonds. The molecule has 15 heavy (non-hydrogen) atoms. The number of esters is 1. The van der Waals surface area contributed by atoms with Gasteiger partial charge in [0, 0.05) is 0 Å². The van der Waals surface area contributed by atoms with E-state index >= 15 is 0 Å². The van der Waals surface area contributed by atoms with Crippen LogP contribution in [0.25, 0.3) is 0 Å². The lowest BCUT2D eigenvalue weighted by Crippen LogP contribution is -2.17. The van der Waals surface area contributed by atoms with Crippen LogP contribution in [0.4, 0.5) is 0 Å². The van der Waals surface area contributed by atoms with Gasteiger partial charge in [-0.2, -0.15) is 0 Å². The fraction of sp³-hybridized carbons (Fsp3) is 0.833. The smallest absolute Gasteiger partial charge is 0.316 e. The molecular weight excluding hydrogens is 192 g/mol. The average molecular weight is 212 g/mol. The molecule has 1 aliphatic carbocycles. The molecule has 0 atom stereocenters. The molecule has 0 aromatic rings. The Morgan fingerprint density at radius 2 is 1.40 bits per heavy atom. The molecule has 3 nitrogen and oxygen atoms in total. The Morgan fingerprint density at radius 3 is 1.87 bits per heavy atom. The Balaban J connectivity index is 2.37. The van der Waals surface area contributed by atoms with Crippen molar-refractivity contribution in [3.05, 3.63) is 0 Å². The Bertz CT molecular complexity index is 191. The highest BCUT2D eigenvalue weighted by molar-refractivity contribution is 5.78. The second-order valence-corrected chi connectivity index (χ2v) is 4.28. The highest BCUT2D eigenvalue weighted by atomic mass is 16.6. The van der Waals surface area contributed by atoms with E-state index in [-0.39, 0.29) is 18.4 Å². The lowest BCUT2D eigenvalue weighted by molar-refractivity contribution is -0.155. The van der Waals surface area contributed by atoms with Crippen molar-refractivity contribution in [1.82, 2.24) is 0 Å². The third kappa shape index (κ3) is 4.96. The van der Waals surface area contributed by atoms with Gasteiger partial charge in [0.1, 0.15) is 0 Å². The molecule has 0 unspecified atom stereocenters. The van der Waals surface area contributed by atoms with Crippen molar-refractivity contribution in [2.24, 2.45) is 5.92 Å². The van der Waals surface area contributed by atoms with E-state index in [1.165, 1.54) is 32.1 Å². The molecule has 3 heteroatoms. The van der Waals surface area contributed by atoms with Gasteiger partial charge < -0.3 is 4.74 Å². The van der Waals surface area contributed by atoms with E-state index in [2.05, 4.69) is 4.74 Å². The first-order valence-electron chi connectivity index (χ1n) is 5.98. The molecule has 1 fully saturated rings. The fourth-order valence-corrected chi connectivity index (χ4v) is 2.19. The Kier molecular flexibility index (Phi) is 6.05. The summed E-state index contributed by atoms with van der Waals surface area (Å²) in [5.74, 6) is -0.376. The predicted molar refractivity (Wildman–Crippen MR) is 57.2 cm³/mol. The first-order chi connectivity index (χ1) is 7.34. The zero-order chi connectivity index (χ0) is 10.9. The maximum atomic E-state index is 11.4. The molecule has 0 aromatic heterocycles. The van der Waals surface area contributed by atoms with E-state index < -0.39 is 0 Å². The van der Waals surface area contributed by atoms with Crippen LogP contribution in [0.2, 0.25) is 0 Å². The zero-order valence-electron chi connectivity index (χ0n) is 9.24. The maximum absolute atomic E-state index is 11.4. The van der Waals surface area contributed by atoms with Crippen LogP contribution in [0.5, 0.6) is 0 Å². The molecular formula is C12H20O3. The molecule has 0 aromatic carbocycles. The molecule has 0 radical (unpaired) electrons. The summed E-state index contributed by atoms with van der Waals surface area (Å²) in [7, 11) is 0. The van der Waals surface area contributed by atoms with Crippen LogP contribution in [0.3, 0.4) is 0 Å². The molecule has 0 saturated heterocycles. The third-order valence-corrected chi connectivity index (χ3v) is 3.10. The molecule has 1 aliphatic rings. The maximum Gasteiger partial charge on any atom is 0.316 e. The van der Waals surface area contributed by atoms with E-state index in [1.807, 2.05) is 0 Å². The summed E-state index contributed by atoms with van der Waals surface area (Å²) in [5, 5.41) is 0. The molecule has 1 rings (SSSR count). The van der Waals surface area contributed by atoms with Crippen LogP contribution in [-0.2, 0) is 14.3 Å². The molecule has 0 bridgehead atoms. The Labute approximate surface area is 91.2 Å². The van der Waals surface area contributed by atoms with Crippen molar-refractivity contribution in [1.29, 1.82) is 0 Å². The lowest BCUT2D eigenvalue weighted by atomic mass is 9.92. The van der Waals surface area contributed by atoms with Crippen LogP contribution in [0.15, 0.2) is 0 Å². The SMILES string of the molecule is O=COC(=O)C1CCCCCCCCC1. The predicted octanol–water partition coefficient (Wildman–Crippen LogP) is 2.83. The summed E-state index contributed by atoms with van der Waals surface area (Å²) < 4.78 is 4.43. The largest absolute Gasteiger partial charge is 0.395 e. The third-order valence-electron chi connectivity index (χ3n) is 3.10. The average Bonchev–Trinajstić information content (AvgIpc) is 2.26. The second-order valence-electron chi connectivity index (χ2n) is 4.28. The lowest BCUT2D eigenvalue weighted by Gasteiger charge is -2.15. The van der Waals surface area contributed by atoms with Crippen LogP contribution in [0.1, 0.15) is 57.8 Å². The Hall–Kier alpha value is -0.860. The normalized spacial score (nSPS) is 20.5. The van der Waals surface area contributed by atoms with Crippen molar-refractivity contribution < 1.29 is 14.3 Å². The zero-order valence-corrected chi connectivity index (χ0v) is 9.24. The van der Waals surface area contributed by atoms with Crippen molar-refractivity contribution >= 4 is 12.4 Å².